The van der Waals surface area contributed by atoms with Crippen LogP contribution in [0.4, 0.5) is 0 Å². The predicted molar refractivity (Wildman–Crippen MR) is 49.3 cm³/mol. The van der Waals surface area contributed by atoms with Crippen LogP contribution >= 0.6 is 15.9 Å². The van der Waals surface area contributed by atoms with E-state index in [0.717, 1.165) is 0 Å². The Morgan fingerprint density at radius 2 is 1.75 bits per heavy atom. The van der Waals surface area contributed by atoms with Crippen LogP contribution in [0.25, 0.3) is 0 Å². The Morgan fingerprint density at radius 3 is 2.12 bits per heavy atom. The van der Waals surface area contributed by atoms with Gasteiger partial charge < -0.3 is 0 Å². The van der Waals surface area contributed by atoms with Gasteiger partial charge in [0, 0.05) is 5.33 Å². The van der Waals surface area contributed by atoms with E-state index in [4.69, 9.17) is 0 Å². The molecule has 2 heteroatoms. The van der Waals surface area contributed by atoms with Crippen molar-refractivity contribution in [2.24, 2.45) is 0 Å². The van der Waals surface area contributed by atoms with E-state index in [1.54, 1.807) is 0 Å². The number of rotatable bonds is 4. The second-order valence-corrected chi connectivity index (χ2v) is 2.54. The van der Waals surface area contributed by atoms with Gasteiger partial charge in [-0.3, -0.25) is 0 Å². The second-order valence-electron chi connectivity index (χ2n) is 1.75. The highest BCUT2D eigenvalue weighted by atomic mass is 79.9. The van der Waals surface area contributed by atoms with Crippen molar-refractivity contribution in [3.8, 4) is 0 Å². The first-order valence-electron chi connectivity index (χ1n) is 2.97. The van der Waals surface area contributed by atoms with Gasteiger partial charge in [-0.25, -0.2) is 0 Å². The highest BCUT2D eigenvalue weighted by Gasteiger charge is 1.81. The molecule has 0 aliphatic heterocycles. The summed E-state index contributed by atoms with van der Waals surface area (Å²) in [4.78, 5) is 0. The molecule has 52 valence electrons. The molecule has 0 fully saturated rings. The van der Waals surface area contributed by atoms with Crippen LogP contribution in [0.1, 0.15) is 32.6 Å². The summed E-state index contributed by atoms with van der Waals surface area (Å²) in [5, 5.41) is 1.17. The van der Waals surface area contributed by atoms with E-state index in [2.05, 4.69) is 22.9 Å². The van der Waals surface area contributed by atoms with Crippen molar-refractivity contribution in [3.05, 3.63) is 0 Å². The summed E-state index contributed by atoms with van der Waals surface area (Å²) >= 11 is 3.38. The van der Waals surface area contributed by atoms with Crippen molar-refractivity contribution >= 4 is 26.9 Å². The van der Waals surface area contributed by atoms with Gasteiger partial charge in [0.05, 0.1) is 0 Å². The first-order valence-corrected chi connectivity index (χ1v) is 4.10. The average molecular weight is 197 g/mol. The van der Waals surface area contributed by atoms with Crippen LogP contribution in [0, 0.1) is 0 Å². The highest BCUT2D eigenvalue weighted by molar-refractivity contribution is 9.09. The van der Waals surface area contributed by atoms with Crippen LogP contribution in [-0.2, 0) is 0 Å². The minimum absolute atomic E-state index is 0. The Morgan fingerprint density at radius 1 is 1.12 bits per heavy atom. The van der Waals surface area contributed by atoms with Gasteiger partial charge in [0.1, 0.15) is 0 Å². The normalized spacial score (nSPS) is 8.25. The van der Waals surface area contributed by atoms with Gasteiger partial charge in [-0.1, -0.05) is 42.1 Å². The third-order valence-electron chi connectivity index (χ3n) is 0.987. The number of alkyl halides is 1. The molecular formula is C6H17BrSi. The molecular weight excluding hydrogens is 180 g/mol. The molecule has 0 unspecified atom stereocenters. The van der Waals surface area contributed by atoms with Gasteiger partial charge >= 0.3 is 0 Å². The maximum absolute atomic E-state index is 3.38. The standard InChI is InChI=1S/C6H13Br.H4Si/c1-2-3-4-5-6-7;/h2-6H2,1H3;1H4. The molecule has 0 bridgehead atoms. The monoisotopic (exact) mass is 196 g/mol. The van der Waals surface area contributed by atoms with Crippen molar-refractivity contribution in [3.63, 3.8) is 0 Å². The first-order chi connectivity index (χ1) is 3.41. The molecule has 0 aromatic rings. The quantitative estimate of drug-likeness (QED) is 0.364. The van der Waals surface area contributed by atoms with Gasteiger partial charge in [0.2, 0.25) is 0 Å². The minimum atomic E-state index is 0. The average Bonchev–Trinajstić information content (AvgIpc) is 1.69. The van der Waals surface area contributed by atoms with Gasteiger partial charge in [0.15, 0.2) is 0 Å². The van der Waals surface area contributed by atoms with Crippen molar-refractivity contribution in [1.29, 1.82) is 0 Å². The number of halogens is 1. The summed E-state index contributed by atoms with van der Waals surface area (Å²) in [5.41, 5.74) is 0. The summed E-state index contributed by atoms with van der Waals surface area (Å²) < 4.78 is 0. The van der Waals surface area contributed by atoms with Crippen LogP contribution in [0.15, 0.2) is 0 Å². The largest absolute Gasteiger partial charge is 0.0928 e. The molecule has 0 nitrogen and oxygen atoms in total. The van der Waals surface area contributed by atoms with E-state index in [1.807, 2.05) is 0 Å². The van der Waals surface area contributed by atoms with Crippen molar-refractivity contribution in [2.45, 2.75) is 32.6 Å². The Kier molecular flexibility index (Phi) is 15.3. The van der Waals surface area contributed by atoms with E-state index in [1.165, 1.54) is 31.0 Å². The fraction of sp³-hybridized carbons (Fsp3) is 1.00. The van der Waals surface area contributed by atoms with E-state index in [9.17, 15) is 0 Å². The Balaban J connectivity index is 0. The molecule has 8 heavy (non-hydrogen) atoms. The van der Waals surface area contributed by atoms with E-state index in [-0.39, 0.29) is 11.0 Å². The van der Waals surface area contributed by atoms with Crippen LogP contribution < -0.4 is 0 Å². The summed E-state index contributed by atoms with van der Waals surface area (Å²) in [7, 11) is 0. The Bertz CT molecular complexity index is 27.7. The lowest BCUT2D eigenvalue weighted by atomic mass is 10.2. The summed E-state index contributed by atoms with van der Waals surface area (Å²) in [5.74, 6) is 0. The molecule has 0 radical (unpaired) electrons. The summed E-state index contributed by atoms with van der Waals surface area (Å²) in [6.45, 7) is 2.23. The topological polar surface area (TPSA) is 0 Å². The maximum Gasteiger partial charge on any atom is 0.00313 e. The molecule has 0 aromatic carbocycles. The highest BCUT2D eigenvalue weighted by Crippen LogP contribution is 1.99. The van der Waals surface area contributed by atoms with Crippen molar-refractivity contribution < 1.29 is 0 Å². The molecule has 0 heterocycles. The number of unbranched alkanes of at least 4 members (excludes halogenated alkanes) is 3. The number of hydrogen-bond acceptors (Lipinski definition) is 0. The summed E-state index contributed by atoms with van der Waals surface area (Å²) in [6.07, 6.45) is 5.47. The molecule has 0 spiro atoms. The molecule has 0 aromatic heterocycles. The SMILES string of the molecule is CCCCCCBr.[SiH4]. The van der Waals surface area contributed by atoms with Crippen LogP contribution in [0.3, 0.4) is 0 Å². The second kappa shape index (κ2) is 10.6. The lowest BCUT2D eigenvalue weighted by molar-refractivity contribution is 0.708. The number of hydrogen-bond donors (Lipinski definition) is 0. The van der Waals surface area contributed by atoms with Crippen LogP contribution in [0.5, 0.6) is 0 Å². The van der Waals surface area contributed by atoms with Gasteiger partial charge in [-0.05, 0) is 17.4 Å². The van der Waals surface area contributed by atoms with Crippen molar-refractivity contribution in [1.82, 2.24) is 0 Å². The Hall–Kier alpha value is 0.697. The molecule has 0 aliphatic rings. The molecule has 0 rings (SSSR count). The molecule has 0 saturated carbocycles. The molecule has 0 saturated heterocycles. The Labute approximate surface area is 65.2 Å². The van der Waals surface area contributed by atoms with E-state index >= 15 is 0 Å². The lowest BCUT2D eigenvalue weighted by Crippen LogP contribution is -1.73. The van der Waals surface area contributed by atoms with Gasteiger partial charge in [-0.15, -0.1) is 0 Å². The van der Waals surface area contributed by atoms with E-state index in [0.29, 0.717) is 0 Å². The minimum Gasteiger partial charge on any atom is -0.0928 e. The zero-order valence-corrected chi connectivity index (χ0v) is 6.50. The van der Waals surface area contributed by atoms with Crippen LogP contribution in [-0.4, -0.2) is 16.3 Å². The van der Waals surface area contributed by atoms with Gasteiger partial charge in [0.25, 0.3) is 0 Å². The lowest BCUT2D eigenvalue weighted by Gasteiger charge is -1.89. The van der Waals surface area contributed by atoms with Crippen LogP contribution in [0.2, 0.25) is 0 Å². The fourth-order valence-corrected chi connectivity index (χ4v) is 0.918. The third kappa shape index (κ3) is 9.85. The summed E-state index contributed by atoms with van der Waals surface area (Å²) in [6, 6.07) is 0. The fourth-order valence-electron chi connectivity index (χ4n) is 0.521. The van der Waals surface area contributed by atoms with Gasteiger partial charge in [-0.2, -0.15) is 0 Å². The third-order valence-corrected chi connectivity index (χ3v) is 1.55. The zero-order chi connectivity index (χ0) is 5.54. The van der Waals surface area contributed by atoms with E-state index < -0.39 is 0 Å². The van der Waals surface area contributed by atoms with Crippen molar-refractivity contribution in [2.75, 3.05) is 5.33 Å². The molecule has 0 N–H and O–H groups in total. The zero-order valence-electron chi connectivity index (χ0n) is 4.91. The molecule has 0 atom stereocenters. The maximum atomic E-state index is 3.38. The molecule has 0 aliphatic carbocycles. The first kappa shape index (κ1) is 11.5. The molecule has 0 amide bonds. The smallest absolute Gasteiger partial charge is 0.00313 e. The predicted octanol–water partition coefficient (Wildman–Crippen LogP) is 1.51.